The lowest BCUT2D eigenvalue weighted by atomic mass is 9.93. The van der Waals surface area contributed by atoms with Gasteiger partial charge in [-0.15, -0.1) is 0 Å². The first-order chi connectivity index (χ1) is 12.5. The van der Waals surface area contributed by atoms with Crippen molar-refractivity contribution < 1.29 is 4.74 Å². The van der Waals surface area contributed by atoms with Crippen LogP contribution >= 0.6 is 11.9 Å². The molecule has 2 heterocycles. The van der Waals surface area contributed by atoms with E-state index in [0.29, 0.717) is 18.0 Å². The molecular weight excluding hydrogens is 344 g/mol. The summed E-state index contributed by atoms with van der Waals surface area (Å²) in [5.74, 6) is 1.65. The van der Waals surface area contributed by atoms with Gasteiger partial charge in [-0.3, -0.25) is 8.99 Å². The number of fused-ring (bicyclic) bond motifs is 1. The molecule has 1 fully saturated rings. The van der Waals surface area contributed by atoms with Crippen molar-refractivity contribution >= 4 is 17.6 Å². The lowest BCUT2D eigenvalue weighted by Gasteiger charge is -2.35. The summed E-state index contributed by atoms with van der Waals surface area (Å²) in [5, 5.41) is 4.58. The lowest BCUT2D eigenvalue weighted by Crippen LogP contribution is -2.33. The average Bonchev–Trinajstić information content (AvgIpc) is 3.35. The Morgan fingerprint density at radius 3 is 2.81 bits per heavy atom. The molecule has 0 radical (unpaired) electrons. The number of rotatable bonds is 6. The molecule has 1 aromatic carbocycles. The van der Waals surface area contributed by atoms with Crippen LogP contribution in [0.4, 0.5) is 5.69 Å². The fourth-order valence-corrected chi connectivity index (χ4v) is 3.95. The van der Waals surface area contributed by atoms with Gasteiger partial charge in [-0.2, -0.15) is 5.10 Å². The zero-order valence-electron chi connectivity index (χ0n) is 16.1. The molecule has 0 saturated heterocycles. The van der Waals surface area contributed by atoms with Crippen LogP contribution in [0.2, 0.25) is 0 Å². The third-order valence-corrected chi connectivity index (χ3v) is 6.18. The summed E-state index contributed by atoms with van der Waals surface area (Å²) in [6.45, 7) is 2.29. The molecule has 1 saturated carbocycles. The molecule has 2 aliphatic rings. The first kappa shape index (κ1) is 17.7. The third kappa shape index (κ3) is 3.45. The largest absolute Gasteiger partial charge is 0.481 e. The third-order valence-electron chi connectivity index (χ3n) is 5.44. The van der Waals surface area contributed by atoms with Gasteiger partial charge in [0, 0.05) is 41.7 Å². The van der Waals surface area contributed by atoms with Crippen LogP contribution in [0.15, 0.2) is 24.5 Å². The van der Waals surface area contributed by atoms with E-state index in [4.69, 9.17) is 4.74 Å². The van der Waals surface area contributed by atoms with Gasteiger partial charge in [-0.05, 0) is 70.8 Å². The predicted molar refractivity (Wildman–Crippen MR) is 109 cm³/mol. The van der Waals surface area contributed by atoms with Crippen LogP contribution in [0.1, 0.15) is 37.8 Å². The molecule has 0 spiro atoms. The monoisotopic (exact) mass is 372 g/mol. The maximum atomic E-state index is 6.33. The minimum absolute atomic E-state index is 0.565. The van der Waals surface area contributed by atoms with Crippen LogP contribution in [0.25, 0.3) is 11.1 Å². The second-order valence-corrected chi connectivity index (χ2v) is 8.81. The summed E-state index contributed by atoms with van der Waals surface area (Å²) < 4.78 is 10.5. The second-order valence-electron chi connectivity index (χ2n) is 7.58. The molecule has 26 heavy (non-hydrogen) atoms. The molecule has 1 aliphatic carbocycles. The van der Waals surface area contributed by atoms with E-state index in [9.17, 15) is 0 Å². The lowest BCUT2D eigenvalue weighted by molar-refractivity contribution is 0.383. The molecular formula is C20H28N4OS. The van der Waals surface area contributed by atoms with Crippen molar-refractivity contribution in [3.8, 4) is 16.9 Å². The van der Waals surface area contributed by atoms with Crippen LogP contribution in [-0.4, -0.2) is 47.2 Å². The van der Waals surface area contributed by atoms with Crippen LogP contribution in [0.3, 0.4) is 0 Å². The maximum Gasteiger partial charge on any atom is 0.148 e. The van der Waals surface area contributed by atoms with Crippen molar-refractivity contribution in [1.82, 2.24) is 14.1 Å². The van der Waals surface area contributed by atoms with Gasteiger partial charge in [0.25, 0.3) is 0 Å². The molecule has 0 bridgehead atoms. The number of nitrogens with zero attached hydrogens (tertiary/aromatic N) is 4. The topological polar surface area (TPSA) is 33.5 Å². The molecule has 0 N–H and O–H groups in total. The highest BCUT2D eigenvalue weighted by molar-refractivity contribution is 7.96. The quantitative estimate of drug-likeness (QED) is 0.561. The minimum atomic E-state index is 0.565. The molecule has 1 unspecified atom stereocenters. The molecule has 4 rings (SSSR count). The fraction of sp³-hybridized carbons (Fsp3) is 0.550. The minimum Gasteiger partial charge on any atom is -0.481 e. The van der Waals surface area contributed by atoms with E-state index < -0.39 is 0 Å². The van der Waals surface area contributed by atoms with Gasteiger partial charge in [0.15, 0.2) is 0 Å². The molecule has 5 nitrogen and oxygen atoms in total. The van der Waals surface area contributed by atoms with Crippen molar-refractivity contribution in [2.45, 2.75) is 44.7 Å². The summed E-state index contributed by atoms with van der Waals surface area (Å²) in [7, 11) is 6.28. The van der Waals surface area contributed by atoms with E-state index in [-0.39, 0.29) is 0 Å². The Hall–Kier alpha value is -1.66. The molecule has 6 heteroatoms. The van der Waals surface area contributed by atoms with Crippen LogP contribution in [0.5, 0.6) is 5.75 Å². The Bertz CT molecular complexity index is 784. The Kier molecular flexibility index (Phi) is 4.88. The van der Waals surface area contributed by atoms with E-state index in [1.807, 2.05) is 20.3 Å². The number of aromatic nitrogens is 2. The van der Waals surface area contributed by atoms with Gasteiger partial charge in [-0.25, -0.2) is 0 Å². The van der Waals surface area contributed by atoms with E-state index in [1.165, 1.54) is 24.1 Å². The summed E-state index contributed by atoms with van der Waals surface area (Å²) in [4.78, 5) is 2.38. The van der Waals surface area contributed by atoms with Crippen LogP contribution < -0.4 is 9.64 Å². The van der Waals surface area contributed by atoms with Gasteiger partial charge in [0.05, 0.1) is 12.2 Å². The molecule has 0 amide bonds. The van der Waals surface area contributed by atoms with Crippen LogP contribution in [0, 0.1) is 0 Å². The van der Waals surface area contributed by atoms with E-state index in [1.54, 1.807) is 11.9 Å². The highest BCUT2D eigenvalue weighted by Crippen LogP contribution is 2.43. The number of hydrogen-bond acceptors (Lipinski definition) is 5. The van der Waals surface area contributed by atoms with Crippen LogP contribution in [-0.2, 0) is 6.42 Å². The SMILES string of the molecule is CC1CCc2c(ccc(-c3cnn(C4CC4)c3)c2OCSN(C)C)N1C. The fourth-order valence-electron chi connectivity index (χ4n) is 3.57. The van der Waals surface area contributed by atoms with Crippen molar-refractivity contribution in [3.63, 3.8) is 0 Å². The number of ether oxygens (including phenoxy) is 1. The molecule has 1 atom stereocenters. The zero-order valence-corrected chi connectivity index (χ0v) is 16.9. The zero-order chi connectivity index (χ0) is 18.3. The van der Waals surface area contributed by atoms with Crippen molar-refractivity contribution in [3.05, 3.63) is 30.1 Å². The normalized spacial score (nSPS) is 19.7. The second kappa shape index (κ2) is 7.16. The Morgan fingerprint density at radius 1 is 1.27 bits per heavy atom. The number of benzene rings is 1. The summed E-state index contributed by atoms with van der Waals surface area (Å²) in [5.41, 5.74) is 4.96. The standard InChI is InChI=1S/C20H28N4OS/c1-14-5-8-18-19(23(14)4)10-9-17(20(18)25-13-26-22(2)3)15-11-21-24(12-15)16-6-7-16/h9-12,14,16H,5-8,13H2,1-4H3. The van der Waals surface area contributed by atoms with Gasteiger partial charge in [0.1, 0.15) is 11.7 Å². The molecule has 140 valence electrons. The summed E-state index contributed by atoms with van der Waals surface area (Å²) in [6.07, 6.45) is 8.88. The van der Waals surface area contributed by atoms with Gasteiger partial charge in [-0.1, -0.05) is 0 Å². The Morgan fingerprint density at radius 2 is 2.08 bits per heavy atom. The number of hydrogen-bond donors (Lipinski definition) is 0. The van der Waals surface area contributed by atoms with Crippen molar-refractivity contribution in [2.24, 2.45) is 0 Å². The maximum absolute atomic E-state index is 6.33. The first-order valence-corrected chi connectivity index (χ1v) is 10.3. The van der Waals surface area contributed by atoms with Crippen molar-refractivity contribution in [2.75, 3.05) is 32.0 Å². The van der Waals surface area contributed by atoms with E-state index in [0.717, 1.165) is 29.7 Å². The molecule has 1 aliphatic heterocycles. The van der Waals surface area contributed by atoms with Crippen molar-refractivity contribution in [1.29, 1.82) is 0 Å². The summed E-state index contributed by atoms with van der Waals surface area (Å²) >= 11 is 1.68. The first-order valence-electron chi connectivity index (χ1n) is 9.41. The Labute approximate surface area is 160 Å². The Balaban J connectivity index is 1.71. The van der Waals surface area contributed by atoms with Gasteiger partial charge in [0.2, 0.25) is 0 Å². The average molecular weight is 373 g/mol. The highest BCUT2D eigenvalue weighted by Gasteiger charge is 2.27. The van der Waals surface area contributed by atoms with E-state index >= 15 is 0 Å². The van der Waals surface area contributed by atoms with Gasteiger partial charge >= 0.3 is 0 Å². The molecule has 2 aromatic rings. The number of anilines is 1. The van der Waals surface area contributed by atoms with E-state index in [2.05, 4.69) is 51.3 Å². The predicted octanol–water partition coefficient (Wildman–Crippen LogP) is 4.20. The molecule has 1 aromatic heterocycles. The van der Waals surface area contributed by atoms with Gasteiger partial charge < -0.3 is 9.64 Å². The summed E-state index contributed by atoms with van der Waals surface area (Å²) in [6, 6.07) is 5.62. The smallest absolute Gasteiger partial charge is 0.148 e. The highest BCUT2D eigenvalue weighted by atomic mass is 32.2.